The zero-order chi connectivity index (χ0) is 26.0. The van der Waals surface area contributed by atoms with E-state index in [0.717, 1.165) is 14.2 Å². The van der Waals surface area contributed by atoms with E-state index in [4.69, 9.17) is 0 Å². The van der Waals surface area contributed by atoms with Gasteiger partial charge in [0.05, 0.1) is 36.4 Å². The van der Waals surface area contributed by atoms with Crippen LogP contribution in [0.25, 0.3) is 0 Å². The van der Waals surface area contributed by atoms with E-state index in [2.05, 4.69) is 35.7 Å². The van der Waals surface area contributed by atoms with Crippen molar-refractivity contribution in [3.8, 4) is 0 Å². The molecule has 186 valence electrons. The molecule has 2 aromatic carbocycles. The lowest BCUT2D eigenvalue weighted by Crippen LogP contribution is -2.43. The Morgan fingerprint density at radius 2 is 1.46 bits per heavy atom. The summed E-state index contributed by atoms with van der Waals surface area (Å²) in [4.78, 5) is 51.5. The van der Waals surface area contributed by atoms with Crippen molar-refractivity contribution in [3.05, 3.63) is 42.5 Å². The summed E-state index contributed by atoms with van der Waals surface area (Å²) in [6, 6.07) is 10.9. The maximum atomic E-state index is 13.2. The van der Waals surface area contributed by atoms with Gasteiger partial charge in [-0.05, 0) is 42.5 Å². The van der Waals surface area contributed by atoms with Crippen molar-refractivity contribution in [1.29, 1.82) is 0 Å². The van der Waals surface area contributed by atoms with Crippen molar-refractivity contribution in [2.75, 3.05) is 24.9 Å². The van der Waals surface area contributed by atoms with Crippen LogP contribution in [0.3, 0.4) is 0 Å². The van der Waals surface area contributed by atoms with Gasteiger partial charge in [0, 0.05) is 28.8 Å². The summed E-state index contributed by atoms with van der Waals surface area (Å²) in [5.41, 5.74) is 0.887. The second kappa shape index (κ2) is 12.8. The van der Waals surface area contributed by atoms with Crippen LogP contribution in [0.4, 0.5) is 26.7 Å². The highest BCUT2D eigenvalue weighted by Crippen LogP contribution is 2.30. The molecule has 0 saturated carbocycles. The lowest BCUT2D eigenvalue weighted by molar-refractivity contribution is -0.116. The lowest BCUT2D eigenvalue weighted by atomic mass is 10.2. The van der Waals surface area contributed by atoms with E-state index in [0.29, 0.717) is 15.5 Å². The van der Waals surface area contributed by atoms with E-state index in [9.17, 15) is 23.4 Å². The lowest BCUT2D eigenvalue weighted by Gasteiger charge is -2.13. The highest BCUT2D eigenvalue weighted by atomic mass is 32.2. The fourth-order valence-corrected chi connectivity index (χ4v) is 3.63. The zero-order valence-electron chi connectivity index (χ0n) is 19.5. The Hall–Kier alpha value is -4.26. The normalized spacial score (nSPS) is 10.9. The van der Waals surface area contributed by atoms with E-state index < -0.39 is 23.0 Å². The Kier molecular flexibility index (Phi) is 9.90. The van der Waals surface area contributed by atoms with Gasteiger partial charge in [0.2, 0.25) is 17.8 Å². The number of anilines is 2. The first-order chi connectivity index (χ1) is 16.7. The predicted molar refractivity (Wildman–Crippen MR) is 129 cm³/mol. The molecule has 0 heterocycles. The van der Waals surface area contributed by atoms with Crippen LogP contribution in [0.1, 0.15) is 20.3 Å². The number of carbonyl (C=O) groups is 4. The van der Waals surface area contributed by atoms with Gasteiger partial charge < -0.3 is 20.1 Å². The van der Waals surface area contributed by atoms with E-state index in [1.54, 1.807) is 37.3 Å². The van der Waals surface area contributed by atoms with E-state index >= 15 is 0 Å². The van der Waals surface area contributed by atoms with Crippen LogP contribution < -0.4 is 21.3 Å². The van der Waals surface area contributed by atoms with Crippen molar-refractivity contribution in [3.63, 3.8) is 0 Å². The molecule has 0 spiro atoms. The minimum atomic E-state index is -1.66. The van der Waals surface area contributed by atoms with Gasteiger partial charge in [-0.3, -0.25) is 20.2 Å². The Morgan fingerprint density at radius 3 is 1.97 bits per heavy atom. The molecule has 12 nitrogen and oxygen atoms in total. The van der Waals surface area contributed by atoms with Crippen LogP contribution in [-0.2, 0) is 29.9 Å². The van der Waals surface area contributed by atoms with Crippen LogP contribution in [0.2, 0.25) is 0 Å². The van der Waals surface area contributed by atoms with Gasteiger partial charge >= 0.3 is 12.2 Å². The molecule has 1 atom stereocenters. The number of benzene rings is 2. The first-order valence-electron chi connectivity index (χ1n) is 10.2. The molecule has 0 aromatic heterocycles. The third-order valence-electron chi connectivity index (χ3n) is 4.21. The summed E-state index contributed by atoms with van der Waals surface area (Å²) in [5.74, 6) is -0.895. The van der Waals surface area contributed by atoms with E-state index in [1.165, 1.54) is 19.1 Å². The summed E-state index contributed by atoms with van der Waals surface area (Å²) in [6.45, 7) is 3.04. The molecule has 0 aliphatic heterocycles. The first-order valence-corrected chi connectivity index (χ1v) is 11.3. The number of aliphatic imine (C=N–C) groups is 1. The molecule has 0 aliphatic rings. The van der Waals surface area contributed by atoms with Crippen LogP contribution in [0.15, 0.2) is 57.2 Å². The van der Waals surface area contributed by atoms with Gasteiger partial charge in [0.1, 0.15) is 0 Å². The summed E-state index contributed by atoms with van der Waals surface area (Å²) in [6.07, 6.45) is -1.65. The number of nitrogens with one attached hydrogen (secondary N) is 4. The fourth-order valence-electron chi connectivity index (χ4n) is 2.57. The van der Waals surface area contributed by atoms with Crippen molar-refractivity contribution in [1.82, 2.24) is 10.6 Å². The number of guanidine groups is 1. The monoisotopic (exact) mass is 503 g/mol. The molecule has 35 heavy (non-hydrogen) atoms. The number of carbonyl (C=O) groups excluding carboxylic acids is 4. The molecule has 4 amide bonds. The Balaban J connectivity index is 2.50. The van der Waals surface area contributed by atoms with Crippen LogP contribution in [-0.4, -0.2) is 48.4 Å². The molecule has 0 saturated heterocycles. The number of hydrogen-bond donors (Lipinski definition) is 4. The number of methoxy groups -OCH3 is 2. The SMILES string of the molecule is CCC(=O)Nc1ccc(S(=O)c2ccc(NC(C)=O)cc2)cc1N=C(NC(=O)OC)NC(=O)OC. The molecule has 1 unspecified atom stereocenters. The maximum Gasteiger partial charge on any atom is 0.413 e. The van der Waals surface area contributed by atoms with Crippen LogP contribution in [0.5, 0.6) is 0 Å². The first kappa shape index (κ1) is 27.0. The van der Waals surface area contributed by atoms with Gasteiger partial charge in [0.25, 0.3) is 0 Å². The van der Waals surface area contributed by atoms with Gasteiger partial charge in [-0.1, -0.05) is 6.92 Å². The predicted octanol–water partition coefficient (Wildman–Crippen LogP) is 2.86. The van der Waals surface area contributed by atoms with Gasteiger partial charge in [0.15, 0.2) is 0 Å². The van der Waals surface area contributed by atoms with Gasteiger partial charge in [-0.25, -0.2) is 18.8 Å². The standard InChI is InChI=1S/C22H25N5O7S/c1-5-19(29)24-17-11-10-16(35(32)15-8-6-14(7-9-15)23-13(2)28)12-18(17)25-20(26-21(30)33-3)27-22(31)34-4/h6-12H,5H2,1-4H3,(H,23,28)(H,24,29)(H2,25,26,27,30,31). The quantitative estimate of drug-likeness (QED) is 0.348. The number of rotatable bonds is 6. The molecular weight excluding hydrogens is 478 g/mol. The highest BCUT2D eigenvalue weighted by Gasteiger charge is 2.15. The van der Waals surface area contributed by atoms with Gasteiger partial charge in [-0.15, -0.1) is 0 Å². The Labute approximate surface area is 203 Å². The van der Waals surface area contributed by atoms with Crippen molar-refractivity contribution >= 4 is 57.8 Å². The molecule has 13 heteroatoms. The maximum absolute atomic E-state index is 13.2. The minimum Gasteiger partial charge on any atom is -0.453 e. The molecule has 0 aliphatic carbocycles. The van der Waals surface area contributed by atoms with Crippen LogP contribution in [0, 0.1) is 0 Å². The number of alkyl carbamates (subject to hydrolysis) is 2. The largest absolute Gasteiger partial charge is 0.453 e. The Morgan fingerprint density at radius 1 is 0.886 bits per heavy atom. The molecule has 4 N–H and O–H groups in total. The molecule has 0 bridgehead atoms. The average molecular weight is 504 g/mol. The number of ether oxygens (including phenoxy) is 2. The molecular formula is C22H25N5O7S. The van der Waals surface area contributed by atoms with Crippen molar-refractivity contribution in [2.24, 2.45) is 4.99 Å². The third-order valence-corrected chi connectivity index (χ3v) is 5.59. The van der Waals surface area contributed by atoms with Crippen molar-refractivity contribution in [2.45, 2.75) is 30.1 Å². The van der Waals surface area contributed by atoms with E-state index in [-0.39, 0.29) is 35.6 Å². The highest BCUT2D eigenvalue weighted by molar-refractivity contribution is 7.85. The molecule has 2 aromatic rings. The second-order valence-corrected chi connectivity index (χ2v) is 8.23. The number of amides is 4. The van der Waals surface area contributed by atoms with Crippen LogP contribution >= 0.6 is 0 Å². The Bertz CT molecular complexity index is 1150. The molecule has 0 radical (unpaired) electrons. The smallest absolute Gasteiger partial charge is 0.413 e. The summed E-state index contributed by atoms with van der Waals surface area (Å²) in [7, 11) is 0.589. The zero-order valence-corrected chi connectivity index (χ0v) is 20.3. The summed E-state index contributed by atoms with van der Waals surface area (Å²) < 4.78 is 22.2. The van der Waals surface area contributed by atoms with E-state index in [1.807, 2.05) is 0 Å². The molecule has 2 rings (SSSR count). The topological polar surface area (TPSA) is 164 Å². The number of hydrogen-bond acceptors (Lipinski definition) is 8. The number of nitrogens with zero attached hydrogens (tertiary/aromatic N) is 1. The molecule has 0 fully saturated rings. The minimum absolute atomic E-state index is 0.0929. The summed E-state index contributed by atoms with van der Waals surface area (Å²) in [5, 5.41) is 9.75. The van der Waals surface area contributed by atoms with Gasteiger partial charge in [-0.2, -0.15) is 0 Å². The second-order valence-electron chi connectivity index (χ2n) is 6.75. The fraction of sp³-hybridized carbons (Fsp3) is 0.227. The third kappa shape index (κ3) is 8.23. The van der Waals surface area contributed by atoms with Crippen molar-refractivity contribution < 1.29 is 32.9 Å². The average Bonchev–Trinajstić information content (AvgIpc) is 2.84. The summed E-state index contributed by atoms with van der Waals surface area (Å²) >= 11 is 0.